The number of amides is 1. The number of ether oxygens (including phenoxy) is 1. The average molecular weight is 440 g/mol. The lowest BCUT2D eigenvalue weighted by molar-refractivity contribution is -0.136. The van der Waals surface area contributed by atoms with Crippen LogP contribution in [0.2, 0.25) is 0 Å². The van der Waals surface area contributed by atoms with E-state index in [0.29, 0.717) is 57.7 Å². The first-order valence-electron chi connectivity index (χ1n) is 8.70. The third-order valence-electron chi connectivity index (χ3n) is 5.17. The van der Waals surface area contributed by atoms with Gasteiger partial charge in [0.1, 0.15) is 6.10 Å². The maximum atomic E-state index is 13.1. The molecule has 0 atom stereocenters. The fraction of sp³-hybridized carbons (Fsp3) is 0.647. The Labute approximate surface area is 173 Å². The topological polar surface area (TPSA) is 88.6 Å². The lowest BCUT2D eigenvalue weighted by atomic mass is 9.94. The zero-order valence-electron chi connectivity index (χ0n) is 15.3. The van der Waals surface area contributed by atoms with E-state index in [0.717, 1.165) is 0 Å². The standard InChI is InChI=1S/C17H25N3O4S.2ClH/c1-25(22,23)17(7-10-18-11-8-17)16(21)20-12-5-14(6-13-20)24-15-4-2-3-9-19-15;;/h2-4,9,14,18H,5-8,10-13H2,1H3;2*1H. The molecule has 2 aliphatic rings. The summed E-state index contributed by atoms with van der Waals surface area (Å²) in [5, 5.41) is 3.14. The molecule has 0 bridgehead atoms. The molecule has 2 aliphatic heterocycles. The summed E-state index contributed by atoms with van der Waals surface area (Å²) in [5.74, 6) is 0.339. The van der Waals surface area contributed by atoms with Gasteiger partial charge in [0.25, 0.3) is 0 Å². The number of carbonyl (C=O) groups excluding carboxylic acids is 1. The van der Waals surface area contributed by atoms with Gasteiger partial charge in [0, 0.05) is 44.5 Å². The van der Waals surface area contributed by atoms with Crippen LogP contribution >= 0.6 is 24.8 Å². The summed E-state index contributed by atoms with van der Waals surface area (Å²) in [6, 6.07) is 5.51. The third kappa shape index (κ3) is 5.25. The van der Waals surface area contributed by atoms with E-state index in [1.807, 2.05) is 18.2 Å². The molecule has 27 heavy (non-hydrogen) atoms. The number of nitrogens with one attached hydrogen (secondary N) is 1. The fourth-order valence-corrected chi connectivity index (χ4v) is 5.02. The van der Waals surface area contributed by atoms with Gasteiger partial charge in [0.15, 0.2) is 14.6 Å². The SMILES string of the molecule is CS(=O)(=O)C1(C(=O)N2CCC(Oc3ccccn3)CC2)CCNCC1.Cl.Cl. The molecule has 0 saturated carbocycles. The molecule has 2 saturated heterocycles. The lowest BCUT2D eigenvalue weighted by Crippen LogP contribution is -2.59. The second-order valence-electron chi connectivity index (χ2n) is 6.79. The maximum Gasteiger partial charge on any atom is 0.244 e. The molecule has 1 aromatic rings. The highest BCUT2D eigenvalue weighted by atomic mass is 35.5. The molecule has 7 nitrogen and oxygen atoms in total. The Hall–Kier alpha value is -1.09. The number of sulfone groups is 1. The molecular formula is C17H27Cl2N3O4S. The molecule has 10 heteroatoms. The average Bonchev–Trinajstić information content (AvgIpc) is 2.62. The monoisotopic (exact) mass is 439 g/mol. The predicted octanol–water partition coefficient (Wildman–Crippen LogP) is 1.46. The van der Waals surface area contributed by atoms with Crippen LogP contribution in [0.25, 0.3) is 0 Å². The molecule has 1 amide bonds. The Kier molecular flexibility index (Phi) is 8.79. The van der Waals surface area contributed by atoms with Crippen molar-refractivity contribution >= 4 is 40.6 Å². The number of hydrogen-bond acceptors (Lipinski definition) is 6. The maximum absolute atomic E-state index is 13.1. The number of likely N-dealkylation sites (tertiary alicyclic amines) is 1. The number of nitrogens with zero attached hydrogens (tertiary/aromatic N) is 2. The van der Waals surface area contributed by atoms with E-state index >= 15 is 0 Å². The highest BCUT2D eigenvalue weighted by molar-refractivity contribution is 7.92. The Bertz CT molecular complexity index is 704. The normalized spacial score (nSPS) is 20.1. The van der Waals surface area contributed by atoms with E-state index in [4.69, 9.17) is 4.74 Å². The van der Waals surface area contributed by atoms with Crippen molar-refractivity contribution in [2.24, 2.45) is 0 Å². The van der Waals surface area contributed by atoms with Crippen molar-refractivity contribution in [1.29, 1.82) is 0 Å². The summed E-state index contributed by atoms with van der Waals surface area (Å²) in [5.41, 5.74) is 0. The second kappa shape index (κ2) is 9.91. The van der Waals surface area contributed by atoms with Crippen molar-refractivity contribution in [3.63, 3.8) is 0 Å². The number of hydrogen-bond donors (Lipinski definition) is 1. The van der Waals surface area contributed by atoms with E-state index < -0.39 is 14.6 Å². The van der Waals surface area contributed by atoms with Gasteiger partial charge in [-0.15, -0.1) is 24.8 Å². The first-order valence-corrected chi connectivity index (χ1v) is 10.6. The van der Waals surface area contributed by atoms with E-state index in [1.54, 1.807) is 11.1 Å². The van der Waals surface area contributed by atoms with Gasteiger partial charge < -0.3 is 15.0 Å². The first kappa shape index (κ1) is 23.9. The summed E-state index contributed by atoms with van der Waals surface area (Å²) in [6.07, 6.45) is 4.92. The lowest BCUT2D eigenvalue weighted by Gasteiger charge is -2.41. The van der Waals surface area contributed by atoms with E-state index in [2.05, 4.69) is 10.3 Å². The van der Waals surface area contributed by atoms with Gasteiger partial charge >= 0.3 is 0 Å². The highest BCUT2D eigenvalue weighted by Gasteiger charge is 2.50. The van der Waals surface area contributed by atoms with Crippen molar-refractivity contribution < 1.29 is 17.9 Å². The van der Waals surface area contributed by atoms with Crippen LogP contribution in [0, 0.1) is 0 Å². The molecule has 2 fully saturated rings. The first-order chi connectivity index (χ1) is 11.9. The summed E-state index contributed by atoms with van der Waals surface area (Å²) in [6.45, 7) is 2.14. The third-order valence-corrected chi connectivity index (χ3v) is 7.17. The fourth-order valence-electron chi connectivity index (χ4n) is 3.63. The Morgan fingerprint density at radius 3 is 2.37 bits per heavy atom. The number of aromatic nitrogens is 1. The van der Waals surface area contributed by atoms with Gasteiger partial charge in [-0.25, -0.2) is 13.4 Å². The van der Waals surface area contributed by atoms with Crippen LogP contribution in [-0.2, 0) is 14.6 Å². The number of pyridine rings is 1. The van der Waals surface area contributed by atoms with Crippen molar-refractivity contribution in [2.75, 3.05) is 32.4 Å². The summed E-state index contributed by atoms with van der Waals surface area (Å²) >= 11 is 0. The Morgan fingerprint density at radius 2 is 1.85 bits per heavy atom. The summed E-state index contributed by atoms with van der Waals surface area (Å²) < 4.78 is 29.4. The smallest absolute Gasteiger partial charge is 0.244 e. The zero-order valence-corrected chi connectivity index (χ0v) is 17.7. The van der Waals surface area contributed by atoms with E-state index in [1.165, 1.54) is 6.26 Å². The molecular weight excluding hydrogens is 413 g/mol. The minimum Gasteiger partial charge on any atom is -0.474 e. The van der Waals surface area contributed by atoms with Crippen LogP contribution in [-0.4, -0.2) is 67.5 Å². The predicted molar refractivity (Wildman–Crippen MR) is 109 cm³/mol. The van der Waals surface area contributed by atoms with Gasteiger partial charge in [-0.2, -0.15) is 0 Å². The molecule has 3 heterocycles. The van der Waals surface area contributed by atoms with Gasteiger partial charge in [0.2, 0.25) is 11.8 Å². The zero-order chi connectivity index (χ0) is 17.9. The van der Waals surface area contributed by atoms with Crippen LogP contribution in [0.4, 0.5) is 0 Å². The molecule has 1 N–H and O–H groups in total. The van der Waals surface area contributed by atoms with Crippen LogP contribution < -0.4 is 10.1 Å². The van der Waals surface area contributed by atoms with Crippen molar-refractivity contribution in [2.45, 2.75) is 36.5 Å². The van der Waals surface area contributed by atoms with E-state index in [9.17, 15) is 13.2 Å². The van der Waals surface area contributed by atoms with Gasteiger partial charge in [-0.05, 0) is 32.0 Å². The summed E-state index contributed by atoms with van der Waals surface area (Å²) in [4.78, 5) is 18.9. The molecule has 3 rings (SSSR count). The minimum atomic E-state index is -3.47. The van der Waals surface area contributed by atoms with Crippen molar-refractivity contribution in [3.8, 4) is 5.88 Å². The van der Waals surface area contributed by atoms with Crippen molar-refractivity contribution in [3.05, 3.63) is 24.4 Å². The van der Waals surface area contributed by atoms with Crippen molar-refractivity contribution in [1.82, 2.24) is 15.2 Å². The van der Waals surface area contributed by atoms with Gasteiger partial charge in [-0.3, -0.25) is 4.79 Å². The molecule has 0 aliphatic carbocycles. The van der Waals surface area contributed by atoms with Crippen LogP contribution in [0.15, 0.2) is 24.4 Å². The number of piperidine rings is 2. The molecule has 0 aromatic carbocycles. The van der Waals surface area contributed by atoms with Crippen LogP contribution in [0.5, 0.6) is 5.88 Å². The second-order valence-corrected chi connectivity index (χ2v) is 9.12. The van der Waals surface area contributed by atoms with Gasteiger partial charge in [-0.1, -0.05) is 6.07 Å². The quantitative estimate of drug-likeness (QED) is 0.763. The Morgan fingerprint density at radius 1 is 1.22 bits per heavy atom. The number of halogens is 2. The number of carbonyl (C=O) groups is 1. The van der Waals surface area contributed by atoms with Crippen LogP contribution in [0.3, 0.4) is 0 Å². The van der Waals surface area contributed by atoms with Crippen LogP contribution in [0.1, 0.15) is 25.7 Å². The molecule has 0 spiro atoms. The molecule has 0 unspecified atom stereocenters. The van der Waals surface area contributed by atoms with E-state index in [-0.39, 0.29) is 36.8 Å². The highest BCUT2D eigenvalue weighted by Crippen LogP contribution is 2.31. The molecule has 154 valence electrons. The summed E-state index contributed by atoms with van der Waals surface area (Å²) in [7, 11) is -3.47. The largest absolute Gasteiger partial charge is 0.474 e. The van der Waals surface area contributed by atoms with Gasteiger partial charge in [0.05, 0.1) is 0 Å². The minimum absolute atomic E-state index is 0. The number of rotatable bonds is 4. The molecule has 0 radical (unpaired) electrons. The Balaban J connectivity index is 0.00000182. The molecule has 1 aromatic heterocycles.